The maximum atomic E-state index is 12.9. The van der Waals surface area contributed by atoms with Gasteiger partial charge in [0.25, 0.3) is 5.91 Å². The number of carbonyl (C=O) groups is 2. The minimum atomic E-state index is -0.228. The molecule has 0 spiro atoms. The van der Waals surface area contributed by atoms with Gasteiger partial charge in [0.05, 0.1) is 41.6 Å². The molecule has 0 radical (unpaired) electrons. The van der Waals surface area contributed by atoms with Crippen LogP contribution in [0, 0.1) is 0 Å². The summed E-state index contributed by atoms with van der Waals surface area (Å²) in [4.78, 5) is 24.4. The standard InChI is InChI=1S/C22H24N4O3.C8H11NO/c1-4-21(27)24-16-10-12-17(13-11-16)26-22(28)18(15(3)25-26)14-23-19-8-6-7-9-20(19)29-5-2;1-2-10-8-6-4-3-5-7(8)9/h6-14,23H,4-5H2,1-3H3,(H,24,27);3-6H,2,9H2,1H3. The highest BCUT2D eigenvalue weighted by molar-refractivity contribution is 6.29. The van der Waals surface area contributed by atoms with Gasteiger partial charge in [0.15, 0.2) is 0 Å². The molecule has 9 nitrogen and oxygen atoms in total. The molecular weight excluding hydrogens is 494 g/mol. The first-order valence-corrected chi connectivity index (χ1v) is 12.8. The molecule has 0 aromatic heterocycles. The molecule has 4 rings (SSSR count). The summed E-state index contributed by atoms with van der Waals surface area (Å²) < 4.78 is 10.8. The van der Waals surface area contributed by atoms with Crippen molar-refractivity contribution in [2.45, 2.75) is 34.1 Å². The van der Waals surface area contributed by atoms with Crippen molar-refractivity contribution in [3.05, 3.63) is 84.6 Å². The monoisotopic (exact) mass is 529 g/mol. The van der Waals surface area contributed by atoms with E-state index in [1.807, 2.05) is 62.4 Å². The van der Waals surface area contributed by atoms with Crippen molar-refractivity contribution in [1.82, 2.24) is 0 Å². The summed E-state index contributed by atoms with van der Waals surface area (Å²) in [6.45, 7) is 8.65. The van der Waals surface area contributed by atoms with Crippen LogP contribution < -0.4 is 30.8 Å². The van der Waals surface area contributed by atoms with Crippen LogP contribution in [0.15, 0.2) is 89.7 Å². The molecular formula is C30H35N5O4. The van der Waals surface area contributed by atoms with Gasteiger partial charge in [-0.1, -0.05) is 31.2 Å². The van der Waals surface area contributed by atoms with Gasteiger partial charge in [0.2, 0.25) is 5.91 Å². The van der Waals surface area contributed by atoms with Gasteiger partial charge in [-0.3, -0.25) is 9.59 Å². The first kappa shape index (κ1) is 28.8. The lowest BCUT2D eigenvalue weighted by atomic mass is 10.2. The average molecular weight is 530 g/mol. The number of nitrogens with one attached hydrogen (secondary N) is 2. The fraction of sp³-hybridized carbons (Fsp3) is 0.233. The molecule has 0 fully saturated rings. The number of nitrogens with zero attached hydrogens (tertiary/aromatic N) is 2. The minimum absolute atomic E-state index is 0.0625. The Kier molecular flexibility index (Phi) is 10.5. The van der Waals surface area contributed by atoms with Gasteiger partial charge in [-0.15, -0.1) is 0 Å². The summed E-state index contributed by atoms with van der Waals surface area (Å²) in [7, 11) is 0. The van der Waals surface area contributed by atoms with Gasteiger partial charge in [0.1, 0.15) is 11.5 Å². The quantitative estimate of drug-likeness (QED) is 0.237. The van der Waals surface area contributed by atoms with E-state index >= 15 is 0 Å². The maximum absolute atomic E-state index is 12.9. The zero-order chi connectivity index (χ0) is 28.2. The number of carbonyl (C=O) groups excluding carboxylic acids is 2. The maximum Gasteiger partial charge on any atom is 0.282 e. The number of amides is 2. The fourth-order valence-electron chi connectivity index (χ4n) is 3.58. The summed E-state index contributed by atoms with van der Waals surface area (Å²) in [6.07, 6.45) is 2.05. The first-order valence-electron chi connectivity index (χ1n) is 12.8. The number of benzene rings is 3. The van der Waals surface area contributed by atoms with Gasteiger partial charge < -0.3 is 25.8 Å². The van der Waals surface area contributed by atoms with Crippen LogP contribution >= 0.6 is 0 Å². The van der Waals surface area contributed by atoms with Gasteiger partial charge in [-0.25, -0.2) is 0 Å². The number of nitrogen functional groups attached to an aromatic ring is 1. The highest BCUT2D eigenvalue weighted by Gasteiger charge is 2.28. The predicted octanol–water partition coefficient (Wildman–Crippen LogP) is 5.82. The van der Waals surface area contributed by atoms with Crippen LogP contribution in [0.25, 0.3) is 0 Å². The first-order chi connectivity index (χ1) is 18.9. The lowest BCUT2D eigenvalue weighted by Crippen LogP contribution is -2.21. The Labute approximate surface area is 229 Å². The van der Waals surface area contributed by atoms with Crippen LogP contribution in [0.3, 0.4) is 0 Å². The van der Waals surface area contributed by atoms with Gasteiger partial charge in [-0.2, -0.15) is 10.1 Å². The number of anilines is 4. The van der Waals surface area contributed by atoms with E-state index in [0.29, 0.717) is 53.7 Å². The molecule has 39 heavy (non-hydrogen) atoms. The van der Waals surface area contributed by atoms with Gasteiger partial charge in [-0.05, 0) is 69.3 Å². The Morgan fingerprint density at radius 2 is 1.54 bits per heavy atom. The van der Waals surface area contributed by atoms with E-state index in [2.05, 4.69) is 15.7 Å². The number of hydrogen-bond acceptors (Lipinski definition) is 7. The SMILES string of the molecule is CCOc1ccccc1N.CCOc1ccccc1NC=C1C(=O)N(c2ccc(NC(=O)CC)cc2)N=C1C. The zero-order valence-corrected chi connectivity index (χ0v) is 22.7. The molecule has 0 unspecified atom stereocenters. The van der Waals surface area contributed by atoms with Crippen LogP contribution in [-0.2, 0) is 9.59 Å². The second-order valence-electron chi connectivity index (χ2n) is 8.35. The Balaban J connectivity index is 0.000000353. The molecule has 0 bridgehead atoms. The number of nitrogens with two attached hydrogens (primary N) is 1. The molecule has 3 aromatic rings. The lowest BCUT2D eigenvalue weighted by Gasteiger charge is -2.13. The lowest BCUT2D eigenvalue weighted by molar-refractivity contribution is -0.116. The molecule has 1 heterocycles. The topological polar surface area (TPSA) is 118 Å². The van der Waals surface area contributed by atoms with Crippen molar-refractivity contribution in [3.8, 4) is 11.5 Å². The third kappa shape index (κ3) is 7.85. The van der Waals surface area contributed by atoms with Crippen LogP contribution in [-0.4, -0.2) is 30.7 Å². The van der Waals surface area contributed by atoms with Crippen LogP contribution in [0.1, 0.15) is 34.1 Å². The molecule has 0 aliphatic carbocycles. The highest BCUT2D eigenvalue weighted by Crippen LogP contribution is 2.27. The zero-order valence-electron chi connectivity index (χ0n) is 22.7. The molecule has 204 valence electrons. The van der Waals surface area contributed by atoms with Crippen molar-refractivity contribution in [2.24, 2.45) is 5.10 Å². The van der Waals surface area contributed by atoms with Crippen LogP contribution in [0.4, 0.5) is 22.7 Å². The van der Waals surface area contributed by atoms with E-state index in [1.54, 1.807) is 44.3 Å². The summed E-state index contributed by atoms with van der Waals surface area (Å²) in [6, 6.07) is 22.0. The Bertz CT molecular complexity index is 1340. The second kappa shape index (κ2) is 14.2. The van der Waals surface area contributed by atoms with Gasteiger partial charge >= 0.3 is 0 Å². The number of ether oxygens (including phenoxy) is 2. The molecule has 2 amide bonds. The predicted molar refractivity (Wildman–Crippen MR) is 157 cm³/mol. The van der Waals surface area contributed by atoms with Crippen molar-refractivity contribution in [2.75, 3.05) is 34.6 Å². The van der Waals surface area contributed by atoms with E-state index < -0.39 is 0 Å². The largest absolute Gasteiger partial charge is 0.492 e. The van der Waals surface area contributed by atoms with E-state index in [-0.39, 0.29) is 11.8 Å². The Morgan fingerprint density at radius 1 is 0.923 bits per heavy atom. The van der Waals surface area contributed by atoms with Crippen molar-refractivity contribution in [1.29, 1.82) is 0 Å². The fourth-order valence-corrected chi connectivity index (χ4v) is 3.58. The summed E-state index contributed by atoms with van der Waals surface area (Å²) in [5, 5.41) is 11.7. The summed E-state index contributed by atoms with van der Waals surface area (Å²) in [5.41, 5.74) is 9.44. The smallest absolute Gasteiger partial charge is 0.282 e. The molecule has 3 aromatic carbocycles. The second-order valence-corrected chi connectivity index (χ2v) is 8.35. The van der Waals surface area contributed by atoms with Crippen LogP contribution in [0.2, 0.25) is 0 Å². The number of hydrogen-bond donors (Lipinski definition) is 3. The molecule has 0 saturated carbocycles. The van der Waals surface area contributed by atoms with Crippen LogP contribution in [0.5, 0.6) is 11.5 Å². The highest BCUT2D eigenvalue weighted by atomic mass is 16.5. The van der Waals surface area contributed by atoms with E-state index in [4.69, 9.17) is 15.2 Å². The molecule has 9 heteroatoms. The minimum Gasteiger partial charge on any atom is -0.492 e. The Morgan fingerprint density at radius 3 is 2.18 bits per heavy atom. The molecule has 1 aliphatic rings. The molecule has 0 atom stereocenters. The van der Waals surface area contributed by atoms with Crippen molar-refractivity contribution >= 4 is 40.3 Å². The molecule has 1 aliphatic heterocycles. The number of hydrazone groups is 1. The molecule has 4 N–H and O–H groups in total. The normalized spacial score (nSPS) is 13.3. The third-order valence-corrected chi connectivity index (χ3v) is 5.56. The third-order valence-electron chi connectivity index (χ3n) is 5.56. The van der Waals surface area contributed by atoms with E-state index in [9.17, 15) is 9.59 Å². The number of para-hydroxylation sites is 4. The molecule has 0 saturated heterocycles. The number of rotatable bonds is 9. The van der Waals surface area contributed by atoms with Gasteiger partial charge in [0, 0.05) is 18.3 Å². The summed E-state index contributed by atoms with van der Waals surface area (Å²) >= 11 is 0. The van der Waals surface area contributed by atoms with Crippen molar-refractivity contribution in [3.63, 3.8) is 0 Å². The average Bonchev–Trinajstić information content (AvgIpc) is 3.23. The summed E-state index contributed by atoms with van der Waals surface area (Å²) in [5.74, 6) is 1.19. The van der Waals surface area contributed by atoms with E-state index in [1.165, 1.54) is 5.01 Å². The van der Waals surface area contributed by atoms with Crippen molar-refractivity contribution < 1.29 is 19.1 Å². The van der Waals surface area contributed by atoms with E-state index in [0.717, 1.165) is 11.4 Å². The Hall–Kier alpha value is -4.79.